The van der Waals surface area contributed by atoms with E-state index in [1.54, 1.807) is 25.1 Å². The molecule has 0 radical (unpaired) electrons. The Morgan fingerprint density at radius 3 is 2.38 bits per heavy atom. The number of aromatic nitrogens is 1. The Morgan fingerprint density at radius 2 is 1.76 bits per heavy atom. The molecule has 0 unspecified atom stereocenters. The molecular formula is C21H17F3N2O3. The number of H-pyrrole nitrogens is 1. The summed E-state index contributed by atoms with van der Waals surface area (Å²) in [5.74, 6) is -0.723. The summed E-state index contributed by atoms with van der Waals surface area (Å²) < 4.78 is 39.4. The van der Waals surface area contributed by atoms with E-state index < -0.39 is 23.2 Å². The summed E-state index contributed by atoms with van der Waals surface area (Å²) in [6.07, 6.45) is -4.58. The van der Waals surface area contributed by atoms with Gasteiger partial charge in [-0.25, -0.2) is 0 Å². The van der Waals surface area contributed by atoms with Crippen molar-refractivity contribution in [3.8, 4) is 5.75 Å². The standard InChI is InChI=1S/C21H17F3N2O3/c1-13-5-10-18(19(28)25-13)20(29)26(12-14-6-8-17(27)9-7-14)16-4-2-3-15(11-16)21(22,23)24/h2-11,27H,12H2,1H3,(H,25,28). The highest BCUT2D eigenvalue weighted by molar-refractivity contribution is 6.05. The Balaban J connectivity index is 2.07. The molecule has 8 heteroatoms. The number of aromatic amines is 1. The van der Waals surface area contributed by atoms with Gasteiger partial charge < -0.3 is 15.0 Å². The zero-order chi connectivity index (χ0) is 21.2. The molecule has 5 nitrogen and oxygen atoms in total. The van der Waals surface area contributed by atoms with Crippen LogP contribution in [0.5, 0.6) is 5.75 Å². The zero-order valence-corrected chi connectivity index (χ0v) is 15.3. The SMILES string of the molecule is Cc1ccc(C(=O)N(Cc2ccc(O)cc2)c2cccc(C(F)(F)F)c2)c(=O)[nH]1. The number of carbonyl (C=O) groups excluding carboxylic acids is 1. The van der Waals surface area contributed by atoms with Crippen molar-refractivity contribution in [2.75, 3.05) is 4.90 Å². The van der Waals surface area contributed by atoms with Crippen LogP contribution in [0.25, 0.3) is 0 Å². The zero-order valence-electron chi connectivity index (χ0n) is 15.3. The maximum Gasteiger partial charge on any atom is 0.416 e. The van der Waals surface area contributed by atoms with Crippen molar-refractivity contribution in [3.63, 3.8) is 0 Å². The van der Waals surface area contributed by atoms with Crippen LogP contribution in [0.3, 0.4) is 0 Å². The number of nitrogens with one attached hydrogen (secondary N) is 1. The molecule has 0 aliphatic rings. The summed E-state index contributed by atoms with van der Waals surface area (Å²) in [4.78, 5) is 28.9. The average molecular weight is 402 g/mol. The van der Waals surface area contributed by atoms with Crippen molar-refractivity contribution in [1.29, 1.82) is 0 Å². The van der Waals surface area contributed by atoms with E-state index in [0.717, 1.165) is 17.0 Å². The van der Waals surface area contributed by atoms with Crippen LogP contribution in [0.4, 0.5) is 18.9 Å². The Labute approximate surface area is 164 Å². The Morgan fingerprint density at radius 1 is 1.07 bits per heavy atom. The Bertz CT molecular complexity index is 1090. The van der Waals surface area contributed by atoms with Crippen molar-refractivity contribution in [1.82, 2.24) is 4.98 Å². The monoisotopic (exact) mass is 402 g/mol. The molecule has 1 amide bonds. The van der Waals surface area contributed by atoms with E-state index in [-0.39, 0.29) is 23.5 Å². The van der Waals surface area contributed by atoms with E-state index in [1.165, 1.54) is 30.3 Å². The number of pyridine rings is 1. The lowest BCUT2D eigenvalue weighted by Crippen LogP contribution is -2.34. The molecule has 150 valence electrons. The number of phenolic OH excluding ortho intramolecular Hbond substituents is 1. The third-order valence-electron chi connectivity index (χ3n) is 4.29. The number of phenols is 1. The van der Waals surface area contributed by atoms with Gasteiger partial charge in [0, 0.05) is 11.4 Å². The largest absolute Gasteiger partial charge is 0.508 e. The van der Waals surface area contributed by atoms with E-state index >= 15 is 0 Å². The lowest BCUT2D eigenvalue weighted by molar-refractivity contribution is -0.137. The fraction of sp³-hybridized carbons (Fsp3) is 0.143. The first-order valence-electron chi connectivity index (χ1n) is 8.62. The summed E-state index contributed by atoms with van der Waals surface area (Å²) >= 11 is 0. The molecule has 0 spiro atoms. The first kappa shape index (κ1) is 20.2. The second-order valence-corrected chi connectivity index (χ2v) is 6.49. The van der Waals surface area contributed by atoms with E-state index in [1.807, 2.05) is 0 Å². The molecule has 3 rings (SSSR count). The number of anilines is 1. The highest BCUT2D eigenvalue weighted by Gasteiger charge is 2.31. The molecule has 0 aliphatic carbocycles. The molecule has 1 heterocycles. The highest BCUT2D eigenvalue weighted by atomic mass is 19.4. The molecule has 1 aromatic heterocycles. The number of halogens is 3. The van der Waals surface area contributed by atoms with Gasteiger partial charge in [-0.05, 0) is 55.0 Å². The number of carbonyl (C=O) groups is 1. The molecule has 0 aliphatic heterocycles. The maximum atomic E-state index is 13.1. The number of aromatic hydroxyl groups is 1. The van der Waals surface area contributed by atoms with Crippen molar-refractivity contribution in [2.24, 2.45) is 0 Å². The van der Waals surface area contributed by atoms with Gasteiger partial charge in [0.25, 0.3) is 11.5 Å². The molecule has 3 aromatic rings. The van der Waals surface area contributed by atoms with Gasteiger partial charge in [0.15, 0.2) is 0 Å². The molecule has 2 aromatic carbocycles. The van der Waals surface area contributed by atoms with Crippen LogP contribution in [-0.4, -0.2) is 16.0 Å². The van der Waals surface area contributed by atoms with Crippen LogP contribution in [0.15, 0.2) is 65.5 Å². The molecule has 0 atom stereocenters. The number of hydrogen-bond donors (Lipinski definition) is 2. The van der Waals surface area contributed by atoms with Crippen LogP contribution in [0.1, 0.15) is 27.2 Å². The summed E-state index contributed by atoms with van der Waals surface area (Å²) in [6, 6.07) is 13.1. The first-order valence-corrected chi connectivity index (χ1v) is 8.62. The molecule has 2 N–H and O–H groups in total. The third-order valence-corrected chi connectivity index (χ3v) is 4.29. The van der Waals surface area contributed by atoms with Crippen LogP contribution in [-0.2, 0) is 12.7 Å². The highest BCUT2D eigenvalue weighted by Crippen LogP contribution is 2.32. The van der Waals surface area contributed by atoms with Crippen LogP contribution >= 0.6 is 0 Å². The third kappa shape index (κ3) is 4.66. The summed E-state index contributed by atoms with van der Waals surface area (Å²) in [7, 11) is 0. The van der Waals surface area contributed by atoms with Gasteiger partial charge in [0.05, 0.1) is 12.1 Å². The fourth-order valence-electron chi connectivity index (χ4n) is 2.80. The minimum atomic E-state index is -4.58. The van der Waals surface area contributed by atoms with E-state index in [4.69, 9.17) is 0 Å². The summed E-state index contributed by atoms with van der Waals surface area (Å²) in [5.41, 5.74) is -0.605. The molecule has 0 fully saturated rings. The fourth-order valence-corrected chi connectivity index (χ4v) is 2.80. The number of alkyl halides is 3. The van der Waals surface area contributed by atoms with Gasteiger partial charge >= 0.3 is 6.18 Å². The van der Waals surface area contributed by atoms with Crippen molar-refractivity contribution in [2.45, 2.75) is 19.6 Å². The predicted octanol–water partition coefficient (Wildman–Crippen LogP) is 4.25. The number of hydrogen-bond acceptors (Lipinski definition) is 3. The van der Waals surface area contributed by atoms with Crippen LogP contribution < -0.4 is 10.5 Å². The van der Waals surface area contributed by atoms with Gasteiger partial charge in [-0.1, -0.05) is 18.2 Å². The maximum absolute atomic E-state index is 13.1. The van der Waals surface area contributed by atoms with E-state index in [9.17, 15) is 27.9 Å². The minimum Gasteiger partial charge on any atom is -0.508 e. The number of nitrogens with zero attached hydrogens (tertiary/aromatic N) is 1. The number of amides is 1. The second kappa shape index (κ2) is 7.83. The first-order chi connectivity index (χ1) is 13.6. The summed E-state index contributed by atoms with van der Waals surface area (Å²) in [6.45, 7) is 1.56. The van der Waals surface area contributed by atoms with Crippen molar-refractivity contribution >= 4 is 11.6 Å². The number of aryl methyl sites for hydroxylation is 1. The number of rotatable bonds is 4. The Kier molecular flexibility index (Phi) is 5.45. The van der Waals surface area contributed by atoms with Crippen molar-refractivity contribution < 1.29 is 23.1 Å². The minimum absolute atomic E-state index is 0.00197. The van der Waals surface area contributed by atoms with Crippen molar-refractivity contribution in [3.05, 3.63) is 93.4 Å². The smallest absolute Gasteiger partial charge is 0.416 e. The topological polar surface area (TPSA) is 73.4 Å². The van der Waals surface area contributed by atoms with E-state index in [2.05, 4.69) is 4.98 Å². The Hall–Kier alpha value is -3.55. The number of benzene rings is 2. The summed E-state index contributed by atoms with van der Waals surface area (Å²) in [5, 5.41) is 9.43. The molecule has 0 saturated carbocycles. The quantitative estimate of drug-likeness (QED) is 0.685. The van der Waals surface area contributed by atoms with Gasteiger partial charge in [0.2, 0.25) is 0 Å². The second-order valence-electron chi connectivity index (χ2n) is 6.49. The van der Waals surface area contributed by atoms with Crippen LogP contribution in [0, 0.1) is 6.92 Å². The lowest BCUT2D eigenvalue weighted by atomic mass is 10.1. The molecule has 0 bridgehead atoms. The lowest BCUT2D eigenvalue weighted by Gasteiger charge is -2.24. The normalized spacial score (nSPS) is 11.3. The van der Waals surface area contributed by atoms with Crippen LogP contribution in [0.2, 0.25) is 0 Å². The van der Waals surface area contributed by atoms with Gasteiger partial charge in [-0.15, -0.1) is 0 Å². The van der Waals surface area contributed by atoms with Gasteiger partial charge in [0.1, 0.15) is 11.3 Å². The average Bonchev–Trinajstić information content (AvgIpc) is 2.66. The van der Waals surface area contributed by atoms with Gasteiger partial charge in [-0.3, -0.25) is 9.59 Å². The molecule has 29 heavy (non-hydrogen) atoms. The van der Waals surface area contributed by atoms with Gasteiger partial charge in [-0.2, -0.15) is 13.2 Å². The predicted molar refractivity (Wildman–Crippen MR) is 102 cm³/mol. The molecular weight excluding hydrogens is 385 g/mol. The van der Waals surface area contributed by atoms with E-state index in [0.29, 0.717) is 11.3 Å². The molecule has 0 saturated heterocycles.